The molecule has 6 aromatic rings. The molecule has 1 aliphatic heterocycles. The number of rotatable bonds is 6. The summed E-state index contributed by atoms with van der Waals surface area (Å²) in [5.41, 5.74) is 14.1. The second kappa shape index (κ2) is 11.6. The molecule has 3 nitrogen and oxygen atoms in total. The number of allylic oxidation sites excluding steroid dienone is 1. The molecule has 1 aliphatic rings. The van der Waals surface area contributed by atoms with Crippen LogP contribution in [0.2, 0.25) is 0 Å². The van der Waals surface area contributed by atoms with Crippen molar-refractivity contribution < 1.29 is 0 Å². The number of pyridine rings is 2. The molecule has 0 radical (unpaired) electrons. The van der Waals surface area contributed by atoms with Crippen molar-refractivity contribution in [2.75, 3.05) is 0 Å². The predicted octanol–water partition coefficient (Wildman–Crippen LogP) is 10.0. The van der Waals surface area contributed by atoms with Crippen LogP contribution in [0, 0.1) is 0 Å². The maximum atomic E-state index is 4.42. The fourth-order valence-electron chi connectivity index (χ4n) is 5.57. The average molecular weight is 540 g/mol. The number of hydrogen-bond donors (Lipinski definition) is 0. The highest BCUT2D eigenvalue weighted by atomic mass is 14.7. The second-order valence-electron chi connectivity index (χ2n) is 10.5. The third-order valence-electron chi connectivity index (χ3n) is 7.76. The van der Waals surface area contributed by atoms with Crippen molar-refractivity contribution in [1.82, 2.24) is 9.97 Å². The van der Waals surface area contributed by atoms with Gasteiger partial charge in [0.2, 0.25) is 0 Å². The van der Waals surface area contributed by atoms with Crippen molar-refractivity contribution in [3.05, 3.63) is 152 Å². The lowest BCUT2D eigenvalue weighted by atomic mass is 9.90. The molecule has 7 rings (SSSR count). The summed E-state index contributed by atoms with van der Waals surface area (Å²) in [6, 6.07) is 41.4. The van der Waals surface area contributed by atoms with Gasteiger partial charge in [-0.3, -0.25) is 15.0 Å². The largest absolute Gasteiger partial charge is 0.269 e. The Hall–Kier alpha value is -5.41. The summed E-state index contributed by atoms with van der Waals surface area (Å²) in [6.07, 6.45) is 13.4. The molecule has 2 aromatic heterocycles. The highest BCUT2D eigenvalue weighted by Crippen LogP contribution is 2.36. The predicted molar refractivity (Wildman–Crippen MR) is 175 cm³/mol. The SMILES string of the molecule is C1=NC=C(c2cccc(-c3cc(-c4cccc(-c5cccnc5)c4)cc(-c4cccc(-c5cccnc5)c4)c3)c2)CC1. The van der Waals surface area contributed by atoms with Crippen LogP contribution in [0.1, 0.15) is 18.4 Å². The molecule has 0 amide bonds. The molecule has 0 N–H and O–H groups in total. The smallest absolute Gasteiger partial charge is 0.0346 e. The molecule has 0 bridgehead atoms. The van der Waals surface area contributed by atoms with Crippen LogP contribution in [0.15, 0.2) is 151 Å². The fourth-order valence-corrected chi connectivity index (χ4v) is 5.57. The molecule has 3 heterocycles. The molecule has 3 heteroatoms. The summed E-state index contributed by atoms with van der Waals surface area (Å²) >= 11 is 0. The summed E-state index contributed by atoms with van der Waals surface area (Å²) < 4.78 is 0. The standard InChI is InChI=1S/C39H29N3/c1-7-28(34-13-4-16-40-25-34)19-31(10-1)37-22-38(32-11-2-8-29(20-32)35-14-5-17-41-26-35)24-39(23-37)33-12-3-9-30(21-33)36-15-6-18-42-27-36/h1-5,7-14,16-27H,6,15H2. The van der Waals surface area contributed by atoms with Crippen molar-refractivity contribution in [3.8, 4) is 55.6 Å². The van der Waals surface area contributed by atoms with E-state index in [0.717, 1.165) is 35.1 Å². The number of aromatic nitrogens is 2. The number of nitrogens with zero attached hydrogens (tertiary/aromatic N) is 3. The zero-order valence-corrected chi connectivity index (χ0v) is 23.2. The van der Waals surface area contributed by atoms with Gasteiger partial charge in [0.25, 0.3) is 0 Å². The first-order chi connectivity index (χ1) is 20.8. The van der Waals surface area contributed by atoms with Gasteiger partial charge >= 0.3 is 0 Å². The minimum Gasteiger partial charge on any atom is -0.269 e. The van der Waals surface area contributed by atoms with E-state index in [2.05, 4.69) is 118 Å². The Morgan fingerprint density at radius 2 is 0.810 bits per heavy atom. The highest BCUT2D eigenvalue weighted by Gasteiger charge is 2.12. The molecule has 0 saturated carbocycles. The first-order valence-corrected chi connectivity index (χ1v) is 14.3. The Labute approximate surface area is 246 Å². The van der Waals surface area contributed by atoms with Gasteiger partial charge in [-0.2, -0.15) is 0 Å². The van der Waals surface area contributed by atoms with Crippen LogP contribution in [0.3, 0.4) is 0 Å². The van der Waals surface area contributed by atoms with Gasteiger partial charge in [0.15, 0.2) is 0 Å². The van der Waals surface area contributed by atoms with Crippen LogP contribution in [0.25, 0.3) is 61.2 Å². The molecule has 0 saturated heterocycles. The Bertz CT molecular complexity index is 1820. The summed E-state index contributed by atoms with van der Waals surface area (Å²) in [5.74, 6) is 0. The number of aliphatic imine (C=N–C) groups is 1. The topological polar surface area (TPSA) is 38.1 Å². The van der Waals surface area contributed by atoms with Crippen LogP contribution in [-0.4, -0.2) is 16.2 Å². The Kier molecular flexibility index (Phi) is 7.06. The van der Waals surface area contributed by atoms with E-state index in [9.17, 15) is 0 Å². The van der Waals surface area contributed by atoms with Crippen molar-refractivity contribution in [3.63, 3.8) is 0 Å². The third kappa shape index (κ3) is 5.45. The van der Waals surface area contributed by atoms with Gasteiger partial charge in [0.1, 0.15) is 0 Å². The monoisotopic (exact) mass is 539 g/mol. The second-order valence-corrected chi connectivity index (χ2v) is 10.5. The van der Waals surface area contributed by atoms with Gasteiger partial charge in [-0.05, 0) is 117 Å². The van der Waals surface area contributed by atoms with E-state index in [-0.39, 0.29) is 0 Å². The average Bonchev–Trinajstić information content (AvgIpc) is 3.09. The molecule has 0 spiro atoms. The van der Waals surface area contributed by atoms with Crippen molar-refractivity contribution in [2.24, 2.45) is 4.99 Å². The molecule has 42 heavy (non-hydrogen) atoms. The first kappa shape index (κ1) is 25.6. The lowest BCUT2D eigenvalue weighted by molar-refractivity contribution is 1.10. The van der Waals surface area contributed by atoms with Gasteiger partial charge in [0, 0.05) is 48.3 Å². The highest BCUT2D eigenvalue weighted by molar-refractivity contribution is 5.85. The Morgan fingerprint density at radius 3 is 1.24 bits per heavy atom. The van der Waals surface area contributed by atoms with Crippen LogP contribution >= 0.6 is 0 Å². The van der Waals surface area contributed by atoms with E-state index in [0.29, 0.717) is 0 Å². The zero-order valence-electron chi connectivity index (χ0n) is 23.2. The normalized spacial score (nSPS) is 12.6. The summed E-state index contributed by atoms with van der Waals surface area (Å²) in [5, 5.41) is 0. The first-order valence-electron chi connectivity index (χ1n) is 14.3. The molecule has 200 valence electrons. The zero-order chi connectivity index (χ0) is 28.1. The number of benzene rings is 4. The van der Waals surface area contributed by atoms with Crippen molar-refractivity contribution in [1.29, 1.82) is 0 Å². The minimum absolute atomic E-state index is 0.982. The van der Waals surface area contributed by atoms with Crippen LogP contribution < -0.4 is 0 Å². The molecular formula is C39H29N3. The van der Waals surface area contributed by atoms with E-state index in [1.54, 1.807) is 0 Å². The molecule has 0 fully saturated rings. The van der Waals surface area contributed by atoms with E-state index in [4.69, 9.17) is 0 Å². The summed E-state index contributed by atoms with van der Waals surface area (Å²) in [4.78, 5) is 13.1. The van der Waals surface area contributed by atoms with E-state index >= 15 is 0 Å². The van der Waals surface area contributed by atoms with Gasteiger partial charge in [0.05, 0.1) is 0 Å². The van der Waals surface area contributed by atoms with Gasteiger partial charge in [-0.25, -0.2) is 0 Å². The van der Waals surface area contributed by atoms with Gasteiger partial charge in [-0.15, -0.1) is 0 Å². The molecule has 4 aromatic carbocycles. The summed E-state index contributed by atoms with van der Waals surface area (Å²) in [6.45, 7) is 0. The minimum atomic E-state index is 0.982. The third-order valence-corrected chi connectivity index (χ3v) is 7.76. The maximum absolute atomic E-state index is 4.42. The number of hydrogen-bond acceptors (Lipinski definition) is 3. The fraction of sp³-hybridized carbons (Fsp3) is 0.0513. The van der Waals surface area contributed by atoms with Crippen LogP contribution in [-0.2, 0) is 0 Å². The Balaban J connectivity index is 1.37. The van der Waals surface area contributed by atoms with E-state index in [1.165, 1.54) is 44.5 Å². The van der Waals surface area contributed by atoms with E-state index < -0.39 is 0 Å². The van der Waals surface area contributed by atoms with Crippen LogP contribution in [0.4, 0.5) is 0 Å². The quantitative estimate of drug-likeness (QED) is 0.211. The van der Waals surface area contributed by atoms with E-state index in [1.807, 2.05) is 49.3 Å². The summed E-state index contributed by atoms with van der Waals surface area (Å²) in [7, 11) is 0. The van der Waals surface area contributed by atoms with Crippen LogP contribution in [0.5, 0.6) is 0 Å². The van der Waals surface area contributed by atoms with Crippen molar-refractivity contribution in [2.45, 2.75) is 12.8 Å². The molecular weight excluding hydrogens is 510 g/mol. The molecule has 0 atom stereocenters. The molecule has 0 unspecified atom stereocenters. The lowest BCUT2D eigenvalue weighted by Crippen LogP contribution is -1.92. The van der Waals surface area contributed by atoms with Gasteiger partial charge < -0.3 is 0 Å². The molecule has 0 aliphatic carbocycles. The Morgan fingerprint density at radius 1 is 0.405 bits per heavy atom. The lowest BCUT2D eigenvalue weighted by Gasteiger charge is -2.14. The maximum Gasteiger partial charge on any atom is 0.0346 e. The van der Waals surface area contributed by atoms with Crippen molar-refractivity contribution >= 4 is 11.8 Å². The van der Waals surface area contributed by atoms with Gasteiger partial charge in [-0.1, -0.05) is 66.7 Å².